The van der Waals surface area contributed by atoms with Crippen LogP contribution in [0.5, 0.6) is 0 Å². The number of benzene rings is 1. The molecule has 2 nitrogen and oxygen atoms in total. The fraction of sp³-hybridized carbons (Fsp3) is 0.400. The van der Waals surface area contributed by atoms with Gasteiger partial charge in [0.25, 0.3) is 0 Å². The van der Waals surface area contributed by atoms with Crippen LogP contribution in [0.4, 0.5) is 0 Å². The van der Waals surface area contributed by atoms with E-state index in [1.54, 1.807) is 6.08 Å². The molecule has 0 amide bonds. The maximum absolute atomic E-state index is 11.6. The van der Waals surface area contributed by atoms with Crippen molar-refractivity contribution in [1.82, 2.24) is 4.90 Å². The van der Waals surface area contributed by atoms with Gasteiger partial charge in [0, 0.05) is 31.3 Å². The van der Waals surface area contributed by atoms with E-state index in [-0.39, 0.29) is 11.7 Å². The fourth-order valence-electron chi connectivity index (χ4n) is 1.46. The fourth-order valence-corrected chi connectivity index (χ4v) is 1.46. The molecule has 1 aromatic rings. The summed E-state index contributed by atoms with van der Waals surface area (Å²) < 4.78 is 0. The lowest BCUT2D eigenvalue weighted by Crippen LogP contribution is -2.17. The number of carbonyl (C=O) groups is 1. The van der Waals surface area contributed by atoms with E-state index in [2.05, 4.69) is 17.0 Å². The molecule has 0 spiro atoms. The monoisotopic (exact) mass is 231 g/mol. The molecule has 2 heteroatoms. The topological polar surface area (TPSA) is 20.3 Å². The quantitative estimate of drug-likeness (QED) is 0.725. The van der Waals surface area contributed by atoms with Gasteiger partial charge in [0.1, 0.15) is 0 Å². The molecule has 0 aliphatic carbocycles. The van der Waals surface area contributed by atoms with Crippen LogP contribution >= 0.6 is 0 Å². The Labute approximate surface area is 104 Å². The molecule has 1 rings (SSSR count). The van der Waals surface area contributed by atoms with Crippen molar-refractivity contribution < 1.29 is 4.79 Å². The molecule has 0 aliphatic heterocycles. The summed E-state index contributed by atoms with van der Waals surface area (Å²) in [6.45, 7) is 6.64. The van der Waals surface area contributed by atoms with Crippen LogP contribution in [0.25, 0.3) is 0 Å². The summed E-state index contributed by atoms with van der Waals surface area (Å²) in [5.74, 6) is 0.248. The zero-order valence-electron chi connectivity index (χ0n) is 11.1. The van der Waals surface area contributed by atoms with Crippen LogP contribution in [-0.4, -0.2) is 17.7 Å². The highest BCUT2D eigenvalue weighted by Gasteiger charge is 2.06. The van der Waals surface area contributed by atoms with Gasteiger partial charge in [0.2, 0.25) is 0 Å². The van der Waals surface area contributed by atoms with Crippen LogP contribution in [0.1, 0.15) is 26.3 Å². The van der Waals surface area contributed by atoms with Crippen molar-refractivity contribution in [2.45, 2.75) is 27.3 Å². The van der Waals surface area contributed by atoms with Gasteiger partial charge in [-0.15, -0.1) is 0 Å². The highest BCUT2D eigenvalue weighted by molar-refractivity contribution is 5.91. The number of hydrogen-bond acceptors (Lipinski definition) is 2. The third-order valence-electron chi connectivity index (χ3n) is 2.78. The molecular weight excluding hydrogens is 210 g/mol. The first-order chi connectivity index (χ1) is 8.00. The van der Waals surface area contributed by atoms with E-state index >= 15 is 0 Å². The van der Waals surface area contributed by atoms with Crippen LogP contribution in [0.15, 0.2) is 42.1 Å². The van der Waals surface area contributed by atoms with Gasteiger partial charge < -0.3 is 4.90 Å². The molecule has 1 aromatic carbocycles. The smallest absolute Gasteiger partial charge is 0.159 e. The van der Waals surface area contributed by atoms with E-state index < -0.39 is 0 Å². The van der Waals surface area contributed by atoms with Gasteiger partial charge in [0.05, 0.1) is 0 Å². The molecular formula is C15H21NO. The number of ketones is 1. The minimum atomic E-state index is 0.0649. The van der Waals surface area contributed by atoms with Crippen molar-refractivity contribution in [1.29, 1.82) is 0 Å². The summed E-state index contributed by atoms with van der Waals surface area (Å²) in [7, 11) is 2.01. The highest BCUT2D eigenvalue weighted by Crippen LogP contribution is 2.09. The lowest BCUT2D eigenvalue weighted by molar-refractivity contribution is -0.117. The van der Waals surface area contributed by atoms with E-state index in [9.17, 15) is 4.79 Å². The number of nitrogens with zero attached hydrogens (tertiary/aromatic N) is 1. The van der Waals surface area contributed by atoms with Gasteiger partial charge in [-0.1, -0.05) is 44.2 Å². The van der Waals surface area contributed by atoms with Gasteiger partial charge in [0.15, 0.2) is 5.78 Å². The molecule has 0 saturated carbocycles. The third kappa shape index (κ3) is 4.43. The van der Waals surface area contributed by atoms with E-state index in [4.69, 9.17) is 0 Å². The Morgan fingerprint density at radius 2 is 1.88 bits per heavy atom. The normalized spacial score (nSPS) is 11.7. The summed E-state index contributed by atoms with van der Waals surface area (Å²) in [5, 5.41) is 0. The van der Waals surface area contributed by atoms with Crippen molar-refractivity contribution in [3.63, 3.8) is 0 Å². The lowest BCUT2D eigenvalue weighted by Gasteiger charge is -2.20. The molecule has 0 unspecified atom stereocenters. The van der Waals surface area contributed by atoms with Gasteiger partial charge in [-0.2, -0.15) is 0 Å². The second-order valence-corrected chi connectivity index (χ2v) is 4.68. The lowest BCUT2D eigenvalue weighted by atomic mass is 10.1. The van der Waals surface area contributed by atoms with Crippen molar-refractivity contribution in [3.05, 3.63) is 47.7 Å². The zero-order valence-corrected chi connectivity index (χ0v) is 11.1. The average Bonchev–Trinajstić information content (AvgIpc) is 2.29. The molecule has 0 saturated heterocycles. The highest BCUT2D eigenvalue weighted by atomic mass is 16.1. The van der Waals surface area contributed by atoms with Gasteiger partial charge in [-0.25, -0.2) is 0 Å². The van der Waals surface area contributed by atoms with Crippen molar-refractivity contribution in [3.8, 4) is 0 Å². The predicted octanol–water partition coefficient (Wildman–Crippen LogP) is 3.25. The van der Waals surface area contributed by atoms with Gasteiger partial charge >= 0.3 is 0 Å². The first-order valence-corrected chi connectivity index (χ1v) is 5.98. The van der Waals surface area contributed by atoms with Gasteiger partial charge in [-0.3, -0.25) is 4.79 Å². The molecule has 0 aliphatic rings. The molecule has 0 radical (unpaired) electrons. The minimum Gasteiger partial charge on any atom is -0.374 e. The number of carbonyl (C=O) groups excluding carboxylic acids is 1. The van der Waals surface area contributed by atoms with E-state index in [0.717, 1.165) is 12.2 Å². The Morgan fingerprint density at radius 3 is 2.41 bits per heavy atom. The van der Waals surface area contributed by atoms with Crippen LogP contribution in [0, 0.1) is 5.92 Å². The first-order valence-electron chi connectivity index (χ1n) is 5.98. The van der Waals surface area contributed by atoms with E-state index in [0.29, 0.717) is 0 Å². The average molecular weight is 231 g/mol. The summed E-state index contributed by atoms with van der Waals surface area (Å²) >= 11 is 0. The van der Waals surface area contributed by atoms with Gasteiger partial charge in [-0.05, 0) is 12.5 Å². The second-order valence-electron chi connectivity index (χ2n) is 4.68. The summed E-state index contributed by atoms with van der Waals surface area (Å²) in [4.78, 5) is 13.7. The first kappa shape index (κ1) is 13.5. The molecule has 0 fully saturated rings. The predicted molar refractivity (Wildman–Crippen MR) is 71.5 cm³/mol. The van der Waals surface area contributed by atoms with Crippen molar-refractivity contribution in [2.75, 3.05) is 7.05 Å². The van der Waals surface area contributed by atoms with E-state index in [1.807, 2.05) is 46.0 Å². The minimum absolute atomic E-state index is 0.0649. The Bertz CT molecular complexity index is 393. The van der Waals surface area contributed by atoms with Crippen LogP contribution in [0.3, 0.4) is 0 Å². The second kappa shape index (κ2) is 6.24. The molecule has 0 heterocycles. The summed E-state index contributed by atoms with van der Waals surface area (Å²) in [6, 6.07) is 10.2. The number of allylic oxidation sites excluding steroid dienone is 2. The molecule has 0 bridgehead atoms. The molecule has 0 aromatic heterocycles. The zero-order chi connectivity index (χ0) is 12.8. The molecule has 17 heavy (non-hydrogen) atoms. The molecule has 0 N–H and O–H groups in total. The SMILES string of the molecule is C/C(=C/C(=O)C(C)C)N(C)Cc1ccccc1. The Kier molecular flexibility index (Phi) is 4.95. The molecule has 0 atom stereocenters. The number of rotatable bonds is 5. The van der Waals surface area contributed by atoms with Crippen molar-refractivity contribution >= 4 is 5.78 Å². The van der Waals surface area contributed by atoms with E-state index in [1.165, 1.54) is 5.56 Å². The third-order valence-corrected chi connectivity index (χ3v) is 2.78. The largest absolute Gasteiger partial charge is 0.374 e. The molecule has 92 valence electrons. The Balaban J connectivity index is 2.64. The van der Waals surface area contributed by atoms with Crippen LogP contribution in [-0.2, 0) is 11.3 Å². The van der Waals surface area contributed by atoms with Crippen molar-refractivity contribution in [2.24, 2.45) is 5.92 Å². The standard InChI is InChI=1S/C15H21NO/c1-12(2)15(17)10-13(3)16(4)11-14-8-6-5-7-9-14/h5-10,12H,11H2,1-4H3/b13-10-. The Hall–Kier alpha value is -1.57. The van der Waals surface area contributed by atoms with Crippen LogP contribution in [0.2, 0.25) is 0 Å². The summed E-state index contributed by atoms with van der Waals surface area (Å²) in [6.07, 6.45) is 1.73. The Morgan fingerprint density at radius 1 is 1.29 bits per heavy atom. The number of hydrogen-bond donors (Lipinski definition) is 0. The van der Waals surface area contributed by atoms with Crippen LogP contribution < -0.4 is 0 Å². The summed E-state index contributed by atoms with van der Waals surface area (Å²) in [5.41, 5.74) is 2.26. The maximum Gasteiger partial charge on any atom is 0.159 e. The maximum atomic E-state index is 11.6.